The van der Waals surface area contributed by atoms with E-state index >= 15 is 0 Å². The molecule has 196 valence electrons. The first-order valence-corrected chi connectivity index (χ1v) is 13.2. The minimum absolute atomic E-state index is 0.119. The number of anilines is 1. The normalized spacial score (nSPS) is 14.0. The smallest absolute Gasteiger partial charge is 0.283 e. The van der Waals surface area contributed by atoms with Crippen molar-refractivity contribution in [1.82, 2.24) is 5.32 Å². The predicted molar refractivity (Wildman–Crippen MR) is 154 cm³/mol. The number of nitrogens with one attached hydrogen (secondary N) is 1. The Balaban J connectivity index is 1.46. The highest BCUT2D eigenvalue weighted by Crippen LogP contribution is 2.31. The highest BCUT2D eigenvalue weighted by atomic mass is 32.2. The van der Waals surface area contributed by atoms with Crippen molar-refractivity contribution >= 4 is 40.5 Å². The van der Waals surface area contributed by atoms with Gasteiger partial charge in [0.1, 0.15) is 17.2 Å². The molecule has 1 aliphatic rings. The number of hydrogen-bond donors (Lipinski definition) is 1. The Morgan fingerprint density at radius 1 is 0.947 bits per heavy atom. The standard InChI is InChI=1S/C30H31N3O4S/c1-20-15-21(2)17-24(16-20)33-29(35)27(18-23-7-11-26(37-4)12-8-23)32-30(33)38-19-28(34)31-14-13-22-5-9-25(36-3)10-6-22/h5-12,15-18H,13-14,19H2,1-4H3,(H,31,34)/b27-18-. The molecule has 3 aromatic rings. The Morgan fingerprint density at radius 2 is 1.55 bits per heavy atom. The molecule has 0 spiro atoms. The van der Waals surface area contributed by atoms with E-state index < -0.39 is 0 Å². The van der Waals surface area contributed by atoms with Crippen LogP contribution in [0.4, 0.5) is 5.69 Å². The zero-order chi connectivity index (χ0) is 27.1. The first kappa shape index (κ1) is 27.0. The summed E-state index contributed by atoms with van der Waals surface area (Å²) in [6.07, 6.45) is 2.46. The summed E-state index contributed by atoms with van der Waals surface area (Å²) in [7, 11) is 3.24. The van der Waals surface area contributed by atoms with Crippen LogP contribution in [0.1, 0.15) is 22.3 Å². The third-order valence-electron chi connectivity index (χ3n) is 5.94. The van der Waals surface area contributed by atoms with Crippen molar-refractivity contribution in [1.29, 1.82) is 0 Å². The first-order chi connectivity index (χ1) is 18.4. The van der Waals surface area contributed by atoms with Crippen molar-refractivity contribution in [3.8, 4) is 11.5 Å². The molecule has 0 fully saturated rings. The molecule has 2 amide bonds. The zero-order valence-electron chi connectivity index (χ0n) is 22.0. The quantitative estimate of drug-likeness (QED) is 0.388. The number of thioether (sulfide) groups is 1. The number of rotatable bonds is 9. The maximum absolute atomic E-state index is 13.5. The lowest BCUT2D eigenvalue weighted by atomic mass is 10.1. The van der Waals surface area contributed by atoms with Gasteiger partial charge < -0.3 is 14.8 Å². The molecule has 0 bridgehead atoms. The summed E-state index contributed by atoms with van der Waals surface area (Å²) in [6.45, 7) is 4.50. The van der Waals surface area contributed by atoms with E-state index in [2.05, 4.69) is 16.4 Å². The fraction of sp³-hybridized carbons (Fsp3) is 0.233. The van der Waals surface area contributed by atoms with Gasteiger partial charge in [0.25, 0.3) is 5.91 Å². The average molecular weight is 530 g/mol. The van der Waals surface area contributed by atoms with E-state index in [1.165, 1.54) is 11.8 Å². The maximum Gasteiger partial charge on any atom is 0.283 e. The number of carbonyl (C=O) groups is 2. The summed E-state index contributed by atoms with van der Waals surface area (Å²) in [6, 6.07) is 21.1. The zero-order valence-corrected chi connectivity index (χ0v) is 22.8. The third kappa shape index (κ3) is 6.83. The van der Waals surface area contributed by atoms with E-state index in [0.717, 1.165) is 39.4 Å². The van der Waals surface area contributed by atoms with Gasteiger partial charge in [0, 0.05) is 6.54 Å². The number of nitrogens with zero attached hydrogens (tertiary/aromatic N) is 2. The Labute approximate surface area is 227 Å². The molecule has 0 aliphatic carbocycles. The molecule has 1 heterocycles. The Morgan fingerprint density at radius 3 is 2.16 bits per heavy atom. The van der Waals surface area contributed by atoms with E-state index in [4.69, 9.17) is 9.47 Å². The number of carbonyl (C=O) groups excluding carboxylic acids is 2. The SMILES string of the molecule is COc1ccc(/C=C2\N=C(SCC(=O)NCCc3ccc(OC)cc3)N(c3cc(C)cc(C)c3)C2=O)cc1. The predicted octanol–water partition coefficient (Wildman–Crippen LogP) is 5.16. The summed E-state index contributed by atoms with van der Waals surface area (Å²) >= 11 is 1.25. The highest BCUT2D eigenvalue weighted by Gasteiger charge is 2.32. The molecule has 38 heavy (non-hydrogen) atoms. The number of ether oxygens (including phenoxy) is 2. The van der Waals surface area contributed by atoms with Crippen LogP contribution < -0.4 is 19.7 Å². The summed E-state index contributed by atoms with van der Waals surface area (Å²) in [5.41, 5.74) is 5.08. The van der Waals surface area contributed by atoms with E-state index in [1.54, 1.807) is 25.2 Å². The molecule has 0 saturated heterocycles. The van der Waals surface area contributed by atoms with Crippen molar-refractivity contribution in [2.75, 3.05) is 31.4 Å². The number of aliphatic imine (C=N–C) groups is 1. The molecule has 7 nitrogen and oxygen atoms in total. The van der Waals surface area contributed by atoms with Crippen molar-refractivity contribution < 1.29 is 19.1 Å². The van der Waals surface area contributed by atoms with E-state index in [0.29, 0.717) is 23.8 Å². The van der Waals surface area contributed by atoms with Gasteiger partial charge in [-0.1, -0.05) is 42.1 Å². The fourth-order valence-corrected chi connectivity index (χ4v) is 4.92. The molecule has 0 unspecified atom stereocenters. The number of hydrogen-bond acceptors (Lipinski definition) is 6. The average Bonchev–Trinajstić information content (AvgIpc) is 3.22. The monoisotopic (exact) mass is 529 g/mol. The van der Waals surface area contributed by atoms with Gasteiger partial charge in [-0.05, 0) is 85.0 Å². The molecule has 1 aliphatic heterocycles. The minimum Gasteiger partial charge on any atom is -0.497 e. The second kappa shape index (κ2) is 12.5. The summed E-state index contributed by atoms with van der Waals surface area (Å²) in [4.78, 5) is 32.3. The van der Waals surface area contributed by atoms with Crippen LogP contribution in [0.5, 0.6) is 11.5 Å². The van der Waals surface area contributed by atoms with Gasteiger partial charge >= 0.3 is 0 Å². The molecule has 0 atom stereocenters. The molecule has 3 aromatic carbocycles. The lowest BCUT2D eigenvalue weighted by molar-refractivity contribution is -0.118. The fourth-order valence-electron chi connectivity index (χ4n) is 4.08. The molecule has 1 N–H and O–H groups in total. The largest absolute Gasteiger partial charge is 0.497 e. The van der Waals surface area contributed by atoms with Gasteiger partial charge in [-0.3, -0.25) is 14.5 Å². The van der Waals surface area contributed by atoms with Crippen LogP contribution in [0.25, 0.3) is 6.08 Å². The molecular weight excluding hydrogens is 498 g/mol. The number of amidine groups is 1. The van der Waals surface area contributed by atoms with Crippen LogP contribution in [0.2, 0.25) is 0 Å². The topological polar surface area (TPSA) is 80.2 Å². The molecule has 0 saturated carbocycles. The van der Waals surface area contributed by atoms with Crippen molar-refractivity contribution in [2.45, 2.75) is 20.3 Å². The Kier molecular flexibility index (Phi) is 8.86. The van der Waals surface area contributed by atoms with Crippen molar-refractivity contribution in [3.63, 3.8) is 0 Å². The number of amides is 2. The summed E-state index contributed by atoms with van der Waals surface area (Å²) in [5.74, 6) is 1.33. The lowest BCUT2D eigenvalue weighted by Crippen LogP contribution is -2.33. The maximum atomic E-state index is 13.5. The first-order valence-electron chi connectivity index (χ1n) is 12.3. The van der Waals surface area contributed by atoms with E-state index in [1.807, 2.05) is 74.5 Å². The summed E-state index contributed by atoms with van der Waals surface area (Å²) < 4.78 is 10.4. The van der Waals surface area contributed by atoms with Crippen molar-refractivity contribution in [3.05, 3.63) is 94.7 Å². The van der Waals surface area contributed by atoms with Crippen LogP contribution >= 0.6 is 11.8 Å². The van der Waals surface area contributed by atoms with Crippen LogP contribution in [0, 0.1) is 13.8 Å². The Hall–Kier alpha value is -4.04. The second-order valence-electron chi connectivity index (χ2n) is 8.92. The van der Waals surface area contributed by atoms with Crippen LogP contribution in [0.3, 0.4) is 0 Å². The van der Waals surface area contributed by atoms with Crippen LogP contribution in [0.15, 0.2) is 77.4 Å². The van der Waals surface area contributed by atoms with Crippen LogP contribution in [-0.4, -0.2) is 43.5 Å². The van der Waals surface area contributed by atoms with Gasteiger partial charge in [0.15, 0.2) is 5.17 Å². The van der Waals surface area contributed by atoms with Gasteiger partial charge in [-0.15, -0.1) is 0 Å². The molecular formula is C30H31N3O4S. The highest BCUT2D eigenvalue weighted by molar-refractivity contribution is 8.14. The number of benzene rings is 3. The van der Waals surface area contributed by atoms with Gasteiger partial charge in [-0.25, -0.2) is 4.99 Å². The minimum atomic E-state index is -0.228. The van der Waals surface area contributed by atoms with Crippen LogP contribution in [-0.2, 0) is 16.0 Å². The van der Waals surface area contributed by atoms with E-state index in [-0.39, 0.29) is 17.6 Å². The van der Waals surface area contributed by atoms with E-state index in [9.17, 15) is 9.59 Å². The van der Waals surface area contributed by atoms with Crippen molar-refractivity contribution in [2.24, 2.45) is 4.99 Å². The molecule has 0 aromatic heterocycles. The molecule has 4 rings (SSSR count). The Bertz CT molecular complexity index is 1350. The number of methoxy groups -OCH3 is 2. The second-order valence-corrected chi connectivity index (χ2v) is 9.86. The van der Waals surface area contributed by atoms with Gasteiger partial charge in [0.2, 0.25) is 5.91 Å². The lowest BCUT2D eigenvalue weighted by Gasteiger charge is -2.19. The van der Waals surface area contributed by atoms with Gasteiger partial charge in [0.05, 0.1) is 25.7 Å². The number of aryl methyl sites for hydroxylation is 2. The molecule has 0 radical (unpaired) electrons. The molecule has 8 heteroatoms. The third-order valence-corrected chi connectivity index (χ3v) is 6.88. The summed E-state index contributed by atoms with van der Waals surface area (Å²) in [5, 5.41) is 3.43. The van der Waals surface area contributed by atoms with Gasteiger partial charge in [-0.2, -0.15) is 0 Å².